The summed E-state index contributed by atoms with van der Waals surface area (Å²) in [6.07, 6.45) is 1.06. The first-order valence-corrected chi connectivity index (χ1v) is 11.2. The van der Waals surface area contributed by atoms with Crippen LogP contribution in [0.3, 0.4) is 0 Å². The van der Waals surface area contributed by atoms with Crippen LogP contribution in [0.25, 0.3) is 10.8 Å². The topological polar surface area (TPSA) is 80.8 Å². The van der Waals surface area contributed by atoms with Crippen molar-refractivity contribution in [2.24, 2.45) is 5.92 Å². The molecule has 2 aromatic rings. The van der Waals surface area contributed by atoms with E-state index in [0.29, 0.717) is 32.5 Å². The van der Waals surface area contributed by atoms with Crippen molar-refractivity contribution in [1.82, 2.24) is 4.90 Å². The van der Waals surface area contributed by atoms with Gasteiger partial charge < -0.3 is 9.64 Å². The molecule has 0 radical (unpaired) electrons. The Bertz CT molecular complexity index is 962. The van der Waals surface area contributed by atoms with Gasteiger partial charge in [-0.25, -0.2) is 8.42 Å². The van der Waals surface area contributed by atoms with Gasteiger partial charge in [-0.3, -0.25) is 9.59 Å². The molecule has 1 fully saturated rings. The summed E-state index contributed by atoms with van der Waals surface area (Å²) in [5.74, 6) is -0.799. The lowest BCUT2D eigenvalue weighted by atomic mass is 9.97. The molecule has 1 aliphatic rings. The fraction of sp³-hybridized carbons (Fsp3) is 0.429. The molecule has 0 atom stereocenters. The zero-order chi connectivity index (χ0) is 20.1. The molecule has 0 aliphatic carbocycles. The first-order valence-electron chi connectivity index (χ1n) is 9.56. The number of hydrogen-bond acceptors (Lipinski definition) is 5. The van der Waals surface area contributed by atoms with Crippen molar-refractivity contribution < 1.29 is 22.7 Å². The minimum absolute atomic E-state index is 0.0563. The van der Waals surface area contributed by atoms with Gasteiger partial charge in [0.05, 0.1) is 23.2 Å². The zero-order valence-electron chi connectivity index (χ0n) is 16.0. The lowest BCUT2D eigenvalue weighted by Gasteiger charge is -2.30. The Balaban J connectivity index is 1.57. The van der Waals surface area contributed by atoms with Crippen LogP contribution < -0.4 is 0 Å². The highest BCUT2D eigenvalue weighted by molar-refractivity contribution is 7.91. The van der Waals surface area contributed by atoms with Crippen molar-refractivity contribution in [2.75, 3.05) is 25.4 Å². The van der Waals surface area contributed by atoms with E-state index in [2.05, 4.69) is 0 Å². The molecule has 2 aromatic carbocycles. The minimum Gasteiger partial charge on any atom is -0.466 e. The zero-order valence-corrected chi connectivity index (χ0v) is 16.8. The molecule has 3 rings (SSSR count). The summed E-state index contributed by atoms with van der Waals surface area (Å²) in [5, 5.41) is 1.83. The van der Waals surface area contributed by atoms with E-state index in [1.165, 1.54) is 0 Å². The van der Waals surface area contributed by atoms with Crippen LogP contribution in [0.2, 0.25) is 0 Å². The van der Waals surface area contributed by atoms with Gasteiger partial charge in [-0.15, -0.1) is 0 Å². The molecule has 1 saturated heterocycles. The Kier molecular flexibility index (Phi) is 6.34. The molecule has 0 spiro atoms. The van der Waals surface area contributed by atoms with Crippen LogP contribution in [0.15, 0.2) is 47.4 Å². The first-order chi connectivity index (χ1) is 13.4. The predicted octanol–water partition coefficient (Wildman–Crippen LogP) is 2.81. The van der Waals surface area contributed by atoms with E-state index >= 15 is 0 Å². The van der Waals surface area contributed by atoms with Gasteiger partial charge in [0.2, 0.25) is 5.91 Å². The Morgan fingerprint density at radius 1 is 1.07 bits per heavy atom. The van der Waals surface area contributed by atoms with Crippen LogP contribution in [0.1, 0.15) is 26.2 Å². The number of nitrogens with zero attached hydrogens (tertiary/aromatic N) is 1. The van der Waals surface area contributed by atoms with Crippen molar-refractivity contribution in [3.05, 3.63) is 42.5 Å². The lowest BCUT2D eigenvalue weighted by molar-refractivity contribution is -0.151. The number of amides is 1. The maximum atomic E-state index is 12.6. The van der Waals surface area contributed by atoms with E-state index in [9.17, 15) is 18.0 Å². The van der Waals surface area contributed by atoms with Crippen LogP contribution in [0, 0.1) is 5.92 Å². The largest absolute Gasteiger partial charge is 0.466 e. The molecule has 6 nitrogen and oxygen atoms in total. The maximum Gasteiger partial charge on any atom is 0.309 e. The van der Waals surface area contributed by atoms with Gasteiger partial charge in [0.25, 0.3) is 0 Å². The average molecular weight is 404 g/mol. The second-order valence-corrected chi connectivity index (χ2v) is 9.09. The van der Waals surface area contributed by atoms with Crippen LogP contribution in [-0.4, -0.2) is 50.6 Å². The Labute approximate surface area is 165 Å². The number of rotatable bonds is 6. The van der Waals surface area contributed by atoms with E-state index in [-0.39, 0.29) is 34.9 Å². The van der Waals surface area contributed by atoms with Gasteiger partial charge in [0.1, 0.15) is 0 Å². The molecule has 1 heterocycles. The van der Waals surface area contributed by atoms with Crippen LogP contribution in [-0.2, 0) is 24.2 Å². The quantitative estimate of drug-likeness (QED) is 0.693. The maximum absolute atomic E-state index is 12.6. The van der Waals surface area contributed by atoms with E-state index in [4.69, 9.17) is 4.74 Å². The first kappa shape index (κ1) is 20.3. The smallest absolute Gasteiger partial charge is 0.309 e. The summed E-state index contributed by atoms with van der Waals surface area (Å²) in [7, 11) is -3.54. The minimum atomic E-state index is -3.54. The van der Waals surface area contributed by atoms with E-state index < -0.39 is 9.84 Å². The summed E-state index contributed by atoms with van der Waals surface area (Å²) in [5.41, 5.74) is 0. The van der Waals surface area contributed by atoms with Crippen LogP contribution in [0.4, 0.5) is 0 Å². The fourth-order valence-electron chi connectivity index (χ4n) is 3.48. The van der Waals surface area contributed by atoms with Crippen LogP contribution >= 0.6 is 0 Å². The Hall–Kier alpha value is -2.41. The number of esters is 1. The highest BCUT2D eigenvalue weighted by atomic mass is 32.2. The molecule has 1 amide bonds. The molecule has 28 heavy (non-hydrogen) atoms. The van der Waals surface area contributed by atoms with E-state index in [0.717, 1.165) is 10.8 Å². The Morgan fingerprint density at radius 2 is 1.75 bits per heavy atom. The number of carbonyl (C=O) groups is 2. The number of piperidine rings is 1. The summed E-state index contributed by atoms with van der Waals surface area (Å²) >= 11 is 0. The number of sulfone groups is 1. The van der Waals surface area contributed by atoms with Crippen LogP contribution in [0.5, 0.6) is 0 Å². The molecule has 0 saturated carbocycles. The predicted molar refractivity (Wildman–Crippen MR) is 107 cm³/mol. The van der Waals surface area contributed by atoms with E-state index in [1.807, 2.05) is 24.3 Å². The lowest BCUT2D eigenvalue weighted by Crippen LogP contribution is -2.41. The summed E-state index contributed by atoms with van der Waals surface area (Å²) in [4.78, 5) is 26.1. The van der Waals surface area contributed by atoms with Crippen molar-refractivity contribution in [2.45, 2.75) is 31.1 Å². The standard InChI is InChI=1S/C21H25NO5S/c1-2-27-21(24)17-9-12-22(13-10-17)20(23)11-14-28(25,26)19-8-7-16-5-3-4-6-18(16)15-19/h3-8,15,17H,2,9-14H2,1H3. The number of carbonyl (C=O) groups excluding carboxylic acids is 2. The van der Waals surface area contributed by atoms with Gasteiger partial charge >= 0.3 is 5.97 Å². The SMILES string of the molecule is CCOC(=O)C1CCN(C(=O)CCS(=O)(=O)c2ccc3ccccc3c2)CC1. The molecular formula is C21H25NO5S. The number of ether oxygens (including phenoxy) is 1. The normalized spacial score (nSPS) is 15.5. The summed E-state index contributed by atoms with van der Waals surface area (Å²) in [6.45, 7) is 3.04. The monoisotopic (exact) mass is 403 g/mol. The van der Waals surface area contributed by atoms with Gasteiger partial charge in [-0.05, 0) is 42.7 Å². The average Bonchev–Trinajstić information content (AvgIpc) is 2.72. The van der Waals surface area contributed by atoms with Crippen molar-refractivity contribution in [3.8, 4) is 0 Å². The van der Waals surface area contributed by atoms with Gasteiger partial charge in [0.15, 0.2) is 9.84 Å². The van der Waals surface area contributed by atoms with Gasteiger partial charge in [-0.1, -0.05) is 30.3 Å². The summed E-state index contributed by atoms with van der Waals surface area (Å²) in [6, 6.07) is 12.6. The van der Waals surface area contributed by atoms with Crippen molar-refractivity contribution >= 4 is 32.5 Å². The number of benzene rings is 2. The van der Waals surface area contributed by atoms with E-state index in [1.54, 1.807) is 30.0 Å². The van der Waals surface area contributed by atoms with Gasteiger partial charge in [-0.2, -0.15) is 0 Å². The highest BCUT2D eigenvalue weighted by Gasteiger charge is 2.28. The van der Waals surface area contributed by atoms with Crippen molar-refractivity contribution in [3.63, 3.8) is 0 Å². The fourth-order valence-corrected chi connectivity index (χ4v) is 4.74. The molecule has 7 heteroatoms. The molecule has 0 aromatic heterocycles. The second kappa shape index (κ2) is 8.73. The molecule has 0 unspecified atom stereocenters. The third kappa shape index (κ3) is 4.70. The number of hydrogen-bond donors (Lipinski definition) is 0. The molecule has 0 N–H and O–H groups in total. The third-order valence-corrected chi connectivity index (χ3v) is 6.85. The Morgan fingerprint density at radius 3 is 2.43 bits per heavy atom. The van der Waals surface area contributed by atoms with Crippen molar-refractivity contribution in [1.29, 1.82) is 0 Å². The third-order valence-electron chi connectivity index (χ3n) is 5.13. The second-order valence-electron chi connectivity index (χ2n) is 6.98. The highest BCUT2D eigenvalue weighted by Crippen LogP contribution is 2.22. The summed E-state index contributed by atoms with van der Waals surface area (Å²) < 4.78 is 30.3. The molecule has 0 bridgehead atoms. The molecule has 1 aliphatic heterocycles. The number of likely N-dealkylation sites (tertiary alicyclic amines) is 1. The number of fused-ring (bicyclic) bond motifs is 1. The molecule has 150 valence electrons. The van der Waals surface area contributed by atoms with Gasteiger partial charge in [0, 0.05) is 19.5 Å². The molecular weight excluding hydrogens is 378 g/mol.